The number of carbonyl (C=O) groups excluding carboxylic acids is 1. The molecule has 0 fully saturated rings. The third-order valence-corrected chi connectivity index (χ3v) is 3.06. The van der Waals surface area contributed by atoms with E-state index in [0.29, 0.717) is 6.42 Å². The number of nitrogens with one attached hydrogen (secondary N) is 2. The van der Waals surface area contributed by atoms with Crippen molar-refractivity contribution in [3.63, 3.8) is 0 Å². The molecule has 0 bridgehead atoms. The summed E-state index contributed by atoms with van der Waals surface area (Å²) in [6, 6.07) is 7.30. The summed E-state index contributed by atoms with van der Waals surface area (Å²) in [5, 5.41) is 13.1. The van der Waals surface area contributed by atoms with Crippen LogP contribution < -0.4 is 10.8 Å². The zero-order chi connectivity index (χ0) is 12.3. The minimum absolute atomic E-state index is 0.180. The maximum atomic E-state index is 11.2. The van der Waals surface area contributed by atoms with E-state index in [1.54, 1.807) is 0 Å². The SMILES string of the molecule is CONC(=O)NC[C@@]1(O)CCc2ccccc21. The summed E-state index contributed by atoms with van der Waals surface area (Å²) in [6.07, 6.45) is 1.46. The molecule has 2 rings (SSSR count). The second kappa shape index (κ2) is 4.73. The molecule has 1 aliphatic rings. The normalized spacial score (nSPS) is 22.0. The molecule has 3 N–H and O–H groups in total. The van der Waals surface area contributed by atoms with Crippen molar-refractivity contribution in [2.24, 2.45) is 0 Å². The van der Waals surface area contributed by atoms with Gasteiger partial charge in [-0.25, -0.2) is 10.3 Å². The number of urea groups is 1. The number of carbonyl (C=O) groups is 1. The van der Waals surface area contributed by atoms with E-state index in [0.717, 1.165) is 17.5 Å². The molecule has 1 aromatic rings. The third kappa shape index (κ3) is 2.40. The fourth-order valence-corrected chi connectivity index (χ4v) is 2.21. The summed E-state index contributed by atoms with van der Waals surface area (Å²) in [5.41, 5.74) is 3.22. The Morgan fingerprint density at radius 1 is 1.53 bits per heavy atom. The molecular formula is C12H16N2O3. The predicted molar refractivity (Wildman–Crippen MR) is 62.2 cm³/mol. The first kappa shape index (κ1) is 11.9. The molecule has 0 aromatic heterocycles. The van der Waals surface area contributed by atoms with Gasteiger partial charge in [-0.3, -0.25) is 4.84 Å². The van der Waals surface area contributed by atoms with Crippen molar-refractivity contribution in [3.8, 4) is 0 Å². The van der Waals surface area contributed by atoms with E-state index < -0.39 is 11.6 Å². The highest BCUT2D eigenvalue weighted by Crippen LogP contribution is 2.35. The Morgan fingerprint density at radius 3 is 3.06 bits per heavy atom. The van der Waals surface area contributed by atoms with Gasteiger partial charge in [0.25, 0.3) is 0 Å². The Hall–Kier alpha value is -1.59. The number of benzene rings is 1. The third-order valence-electron chi connectivity index (χ3n) is 3.06. The van der Waals surface area contributed by atoms with Gasteiger partial charge in [-0.05, 0) is 24.0 Å². The number of rotatable bonds is 3. The van der Waals surface area contributed by atoms with Crippen LogP contribution in [-0.2, 0) is 16.9 Å². The summed E-state index contributed by atoms with van der Waals surface area (Å²) in [6.45, 7) is 0.180. The average molecular weight is 236 g/mol. The maximum Gasteiger partial charge on any atom is 0.338 e. The van der Waals surface area contributed by atoms with Crippen molar-refractivity contribution < 1.29 is 14.7 Å². The van der Waals surface area contributed by atoms with E-state index in [1.165, 1.54) is 7.11 Å². The first-order chi connectivity index (χ1) is 8.15. The summed E-state index contributed by atoms with van der Waals surface area (Å²) < 4.78 is 0. The molecule has 0 spiro atoms. The number of hydrogen-bond acceptors (Lipinski definition) is 3. The van der Waals surface area contributed by atoms with Crippen molar-refractivity contribution in [1.82, 2.24) is 10.8 Å². The second-order valence-corrected chi connectivity index (χ2v) is 4.18. The lowest BCUT2D eigenvalue weighted by Crippen LogP contribution is -2.43. The Bertz CT molecular complexity index is 422. The largest absolute Gasteiger partial charge is 0.383 e. The van der Waals surface area contributed by atoms with Crippen LogP contribution in [0, 0.1) is 0 Å². The van der Waals surface area contributed by atoms with Gasteiger partial charge in [0, 0.05) is 0 Å². The lowest BCUT2D eigenvalue weighted by atomic mass is 9.96. The first-order valence-electron chi connectivity index (χ1n) is 5.53. The Morgan fingerprint density at radius 2 is 2.29 bits per heavy atom. The predicted octanol–water partition coefficient (Wildman–Crippen LogP) is 0.681. The van der Waals surface area contributed by atoms with Gasteiger partial charge in [0.2, 0.25) is 0 Å². The van der Waals surface area contributed by atoms with Crippen molar-refractivity contribution >= 4 is 6.03 Å². The minimum atomic E-state index is -0.971. The lowest BCUT2D eigenvalue weighted by Gasteiger charge is -2.24. The van der Waals surface area contributed by atoms with Gasteiger partial charge in [0.05, 0.1) is 13.7 Å². The van der Waals surface area contributed by atoms with E-state index in [1.807, 2.05) is 24.3 Å². The quantitative estimate of drug-likeness (QED) is 0.676. The second-order valence-electron chi connectivity index (χ2n) is 4.18. The van der Waals surface area contributed by atoms with Gasteiger partial charge in [0.15, 0.2) is 0 Å². The molecule has 0 aliphatic heterocycles. The summed E-state index contributed by atoms with van der Waals surface area (Å²) in [4.78, 5) is 15.7. The lowest BCUT2D eigenvalue weighted by molar-refractivity contribution is 0.0378. The standard InChI is InChI=1S/C12H16N2O3/c1-17-14-11(15)13-8-12(16)7-6-9-4-2-3-5-10(9)12/h2-5,16H,6-8H2,1H3,(H2,13,14,15)/t12-/m0/s1. The molecule has 1 aromatic carbocycles. The molecule has 0 heterocycles. The Labute approximate surface area is 99.7 Å². The van der Waals surface area contributed by atoms with Gasteiger partial charge in [-0.1, -0.05) is 24.3 Å². The fourth-order valence-electron chi connectivity index (χ4n) is 2.21. The molecule has 17 heavy (non-hydrogen) atoms. The average Bonchev–Trinajstić information content (AvgIpc) is 2.67. The van der Waals surface area contributed by atoms with Crippen LogP contribution in [0.4, 0.5) is 4.79 Å². The van der Waals surface area contributed by atoms with Crippen LogP contribution in [0.1, 0.15) is 17.5 Å². The molecule has 0 unspecified atom stereocenters. The number of aliphatic hydroxyl groups is 1. The first-order valence-corrected chi connectivity index (χ1v) is 5.53. The van der Waals surface area contributed by atoms with Gasteiger partial charge in [0.1, 0.15) is 5.60 Å². The minimum Gasteiger partial charge on any atom is -0.383 e. The van der Waals surface area contributed by atoms with Gasteiger partial charge >= 0.3 is 6.03 Å². The Balaban J connectivity index is 2.04. The highest BCUT2D eigenvalue weighted by molar-refractivity contribution is 5.72. The van der Waals surface area contributed by atoms with E-state index in [9.17, 15) is 9.90 Å². The smallest absolute Gasteiger partial charge is 0.338 e. The number of hydrogen-bond donors (Lipinski definition) is 3. The van der Waals surface area contributed by atoms with Crippen LogP contribution in [0.2, 0.25) is 0 Å². The van der Waals surface area contributed by atoms with Crippen molar-refractivity contribution in [1.29, 1.82) is 0 Å². The van der Waals surface area contributed by atoms with Crippen LogP contribution in [0.25, 0.3) is 0 Å². The van der Waals surface area contributed by atoms with E-state index in [-0.39, 0.29) is 6.54 Å². The molecule has 1 aliphatic carbocycles. The number of hydroxylamine groups is 1. The molecule has 0 saturated heterocycles. The van der Waals surface area contributed by atoms with E-state index in [2.05, 4.69) is 15.6 Å². The topological polar surface area (TPSA) is 70.6 Å². The monoisotopic (exact) mass is 236 g/mol. The molecule has 0 radical (unpaired) electrons. The zero-order valence-electron chi connectivity index (χ0n) is 9.69. The molecular weight excluding hydrogens is 220 g/mol. The molecule has 5 nitrogen and oxygen atoms in total. The van der Waals surface area contributed by atoms with E-state index in [4.69, 9.17) is 0 Å². The van der Waals surface area contributed by atoms with Crippen molar-refractivity contribution in [2.75, 3.05) is 13.7 Å². The van der Waals surface area contributed by atoms with Crippen molar-refractivity contribution in [3.05, 3.63) is 35.4 Å². The van der Waals surface area contributed by atoms with Gasteiger partial charge in [-0.2, -0.15) is 0 Å². The highest BCUT2D eigenvalue weighted by Gasteiger charge is 2.36. The van der Waals surface area contributed by atoms with Crippen molar-refractivity contribution in [2.45, 2.75) is 18.4 Å². The zero-order valence-corrected chi connectivity index (χ0v) is 9.69. The van der Waals surface area contributed by atoms with Crippen LogP contribution in [0.15, 0.2) is 24.3 Å². The van der Waals surface area contributed by atoms with E-state index >= 15 is 0 Å². The van der Waals surface area contributed by atoms with Crippen LogP contribution in [0.5, 0.6) is 0 Å². The Kier molecular flexibility index (Phi) is 3.31. The molecule has 2 amide bonds. The summed E-state index contributed by atoms with van der Waals surface area (Å²) in [7, 11) is 1.36. The fraction of sp³-hybridized carbons (Fsp3) is 0.417. The summed E-state index contributed by atoms with van der Waals surface area (Å²) in [5.74, 6) is 0. The number of amides is 2. The molecule has 1 atom stereocenters. The number of fused-ring (bicyclic) bond motifs is 1. The van der Waals surface area contributed by atoms with Crippen LogP contribution >= 0.6 is 0 Å². The summed E-state index contributed by atoms with van der Waals surface area (Å²) >= 11 is 0. The molecule has 0 saturated carbocycles. The molecule has 5 heteroatoms. The van der Waals surface area contributed by atoms with Crippen LogP contribution in [0.3, 0.4) is 0 Å². The highest BCUT2D eigenvalue weighted by atomic mass is 16.6. The number of aryl methyl sites for hydroxylation is 1. The van der Waals surface area contributed by atoms with Gasteiger partial charge in [-0.15, -0.1) is 0 Å². The maximum absolute atomic E-state index is 11.2. The molecule has 92 valence electrons. The van der Waals surface area contributed by atoms with Crippen LogP contribution in [-0.4, -0.2) is 24.8 Å². The van der Waals surface area contributed by atoms with Gasteiger partial charge < -0.3 is 10.4 Å².